The van der Waals surface area contributed by atoms with Crippen LogP contribution in [0.1, 0.15) is 65.7 Å². The average Bonchev–Trinajstić information content (AvgIpc) is 3.34. The molecule has 0 aromatic heterocycles. The van der Waals surface area contributed by atoms with E-state index in [1.807, 2.05) is 13.8 Å². The molecule has 0 aromatic carbocycles. The lowest BCUT2D eigenvalue weighted by molar-refractivity contribution is -0.247. The first-order valence-corrected chi connectivity index (χ1v) is 12.2. The van der Waals surface area contributed by atoms with Gasteiger partial charge in [-0.3, -0.25) is 19.3 Å². The molecule has 7 heteroatoms. The summed E-state index contributed by atoms with van der Waals surface area (Å²) in [4.78, 5) is 40.5. The maximum atomic E-state index is 13.0. The van der Waals surface area contributed by atoms with Gasteiger partial charge in [-0.2, -0.15) is 0 Å². The van der Waals surface area contributed by atoms with Crippen LogP contribution in [0, 0.1) is 35.0 Å². The monoisotopic (exact) mass is 431 g/mol. The van der Waals surface area contributed by atoms with Crippen LogP contribution in [-0.2, 0) is 28.6 Å². The molecule has 0 aromatic rings. The Kier molecular flexibility index (Phi) is 4.17. The molecule has 31 heavy (non-hydrogen) atoms. The van der Waals surface area contributed by atoms with Crippen molar-refractivity contribution in [2.45, 2.75) is 89.7 Å². The first-order valence-electron chi connectivity index (χ1n) is 12.2. The zero-order valence-corrected chi connectivity index (χ0v) is 18.7. The van der Waals surface area contributed by atoms with Gasteiger partial charge in [0.1, 0.15) is 12.2 Å². The number of esters is 3. The molecular weight excluding hydrogens is 398 g/mol. The van der Waals surface area contributed by atoms with Gasteiger partial charge < -0.3 is 14.2 Å². The molecule has 0 bridgehead atoms. The Hall–Kier alpha value is -1.63. The summed E-state index contributed by atoms with van der Waals surface area (Å²) in [5, 5.41) is 0. The maximum Gasteiger partial charge on any atom is 0.309 e. The zero-order chi connectivity index (χ0) is 21.7. The summed E-state index contributed by atoms with van der Waals surface area (Å²) < 4.78 is 18.4. The minimum absolute atomic E-state index is 0.0294. The smallest absolute Gasteiger partial charge is 0.309 e. The third-order valence-corrected chi connectivity index (χ3v) is 9.76. The summed E-state index contributed by atoms with van der Waals surface area (Å²) in [5.41, 5.74) is -1.16. The summed E-state index contributed by atoms with van der Waals surface area (Å²) in [6.45, 7) is 6.91. The highest BCUT2D eigenvalue weighted by molar-refractivity contribution is 5.79. The molecule has 7 nitrogen and oxygen atoms in total. The normalized spacial score (nSPS) is 53.3. The number of hydrogen-bond acceptors (Lipinski definition) is 7. The predicted octanol–water partition coefficient (Wildman–Crippen LogP) is 2.66. The minimum Gasteiger partial charge on any atom is -0.461 e. The van der Waals surface area contributed by atoms with Crippen LogP contribution in [0.5, 0.6) is 0 Å². The van der Waals surface area contributed by atoms with Crippen molar-refractivity contribution in [2.75, 3.05) is 6.54 Å². The number of hydrogen-bond donors (Lipinski definition) is 0. The highest BCUT2D eigenvalue weighted by Gasteiger charge is 2.82. The predicted molar refractivity (Wildman–Crippen MR) is 108 cm³/mol. The zero-order valence-electron chi connectivity index (χ0n) is 18.7. The van der Waals surface area contributed by atoms with Gasteiger partial charge >= 0.3 is 17.9 Å². The second-order valence-corrected chi connectivity index (χ2v) is 11.0. The lowest BCUT2D eigenvalue weighted by Crippen LogP contribution is -2.68. The molecule has 6 rings (SSSR count). The van der Waals surface area contributed by atoms with Crippen molar-refractivity contribution in [2.24, 2.45) is 35.0 Å². The standard InChI is InChI=1S/C24H33NO6/c1-4-14-15-7-5-6-8-25-16(17-9-12(2)21(27)29-17)10-23(11-18(26)31-24(15,23)25)19-13(3)22(28)30-20(14)19/h12-17,19-20H,4-11H2,1-3H3. The van der Waals surface area contributed by atoms with Crippen molar-refractivity contribution >= 4 is 17.9 Å². The third kappa shape index (κ3) is 2.26. The summed E-state index contributed by atoms with van der Waals surface area (Å²) in [6, 6.07) is 0.0294. The summed E-state index contributed by atoms with van der Waals surface area (Å²) >= 11 is 0. The van der Waals surface area contributed by atoms with Gasteiger partial charge in [0.15, 0.2) is 5.72 Å². The van der Waals surface area contributed by atoms with E-state index in [0.717, 1.165) is 38.6 Å². The Bertz CT molecular complexity index is 844. The van der Waals surface area contributed by atoms with Crippen LogP contribution in [0.4, 0.5) is 0 Å². The van der Waals surface area contributed by atoms with Crippen LogP contribution < -0.4 is 0 Å². The van der Waals surface area contributed by atoms with Crippen molar-refractivity contribution in [1.82, 2.24) is 4.90 Å². The first-order chi connectivity index (χ1) is 14.8. The van der Waals surface area contributed by atoms with E-state index in [-0.39, 0.29) is 65.7 Å². The highest BCUT2D eigenvalue weighted by Crippen LogP contribution is 2.72. The molecular formula is C24H33NO6. The van der Waals surface area contributed by atoms with Gasteiger partial charge in [0.25, 0.3) is 0 Å². The summed E-state index contributed by atoms with van der Waals surface area (Å²) in [6.07, 6.45) is 5.45. The Morgan fingerprint density at radius 1 is 1.10 bits per heavy atom. The first kappa shape index (κ1) is 20.0. The maximum absolute atomic E-state index is 13.0. The Morgan fingerprint density at radius 3 is 2.61 bits per heavy atom. The van der Waals surface area contributed by atoms with E-state index in [9.17, 15) is 14.4 Å². The largest absolute Gasteiger partial charge is 0.461 e. The molecule has 6 aliphatic rings. The molecule has 0 radical (unpaired) electrons. The van der Waals surface area contributed by atoms with Crippen LogP contribution in [0.3, 0.4) is 0 Å². The average molecular weight is 432 g/mol. The molecule has 170 valence electrons. The van der Waals surface area contributed by atoms with Gasteiger partial charge in [0, 0.05) is 29.7 Å². The summed E-state index contributed by atoms with van der Waals surface area (Å²) in [5.74, 6) is -0.459. The molecule has 0 N–H and O–H groups in total. The lowest BCUT2D eigenvalue weighted by atomic mass is 9.50. The van der Waals surface area contributed by atoms with Crippen molar-refractivity contribution in [3.8, 4) is 0 Å². The van der Waals surface area contributed by atoms with Crippen molar-refractivity contribution in [1.29, 1.82) is 0 Å². The van der Waals surface area contributed by atoms with Gasteiger partial charge in [-0.1, -0.05) is 27.2 Å². The molecule has 1 saturated carbocycles. The van der Waals surface area contributed by atoms with Gasteiger partial charge in [-0.15, -0.1) is 0 Å². The highest BCUT2D eigenvalue weighted by atomic mass is 16.6. The van der Waals surface area contributed by atoms with Gasteiger partial charge in [-0.25, -0.2) is 0 Å². The second-order valence-electron chi connectivity index (χ2n) is 11.0. The number of rotatable bonds is 2. The minimum atomic E-state index is -0.701. The topological polar surface area (TPSA) is 82.1 Å². The molecule has 5 saturated heterocycles. The molecule has 10 atom stereocenters. The van der Waals surface area contributed by atoms with Crippen LogP contribution in [-0.4, -0.2) is 53.3 Å². The van der Waals surface area contributed by atoms with Crippen LogP contribution in [0.25, 0.3) is 0 Å². The third-order valence-electron chi connectivity index (χ3n) is 9.76. The van der Waals surface area contributed by atoms with E-state index < -0.39 is 11.1 Å². The molecule has 10 unspecified atom stereocenters. The molecule has 6 fully saturated rings. The van der Waals surface area contributed by atoms with Gasteiger partial charge in [0.05, 0.1) is 24.3 Å². The Balaban J connectivity index is 1.53. The SMILES string of the molecule is CCC1C2OC(=O)C(C)C2C23CC(=O)OC24C1CCCCN4C(C1CC(C)C(=O)O1)C3. The lowest BCUT2D eigenvalue weighted by Gasteiger charge is -2.57. The van der Waals surface area contributed by atoms with E-state index >= 15 is 0 Å². The number of fused-ring (bicyclic) bond motifs is 1. The number of carbonyl (C=O) groups is 3. The Morgan fingerprint density at radius 2 is 1.90 bits per heavy atom. The van der Waals surface area contributed by atoms with Crippen LogP contribution in [0.2, 0.25) is 0 Å². The van der Waals surface area contributed by atoms with Gasteiger partial charge in [-0.05, 0) is 32.1 Å². The fourth-order valence-electron chi connectivity index (χ4n) is 8.78. The molecule has 5 heterocycles. The fraction of sp³-hybridized carbons (Fsp3) is 0.875. The van der Waals surface area contributed by atoms with Crippen LogP contribution >= 0.6 is 0 Å². The summed E-state index contributed by atoms with van der Waals surface area (Å²) in [7, 11) is 0. The van der Waals surface area contributed by atoms with E-state index in [4.69, 9.17) is 14.2 Å². The van der Waals surface area contributed by atoms with E-state index in [0.29, 0.717) is 12.8 Å². The van der Waals surface area contributed by atoms with E-state index in [2.05, 4.69) is 11.8 Å². The number of ether oxygens (including phenoxy) is 3. The van der Waals surface area contributed by atoms with E-state index in [1.165, 1.54) is 0 Å². The van der Waals surface area contributed by atoms with E-state index in [1.54, 1.807) is 0 Å². The Labute approximate surface area is 183 Å². The number of carbonyl (C=O) groups excluding carboxylic acids is 3. The molecule has 1 spiro atoms. The molecule has 0 amide bonds. The quantitative estimate of drug-likeness (QED) is 0.491. The number of cyclic esters (lactones) is 1. The van der Waals surface area contributed by atoms with Crippen LogP contribution in [0.15, 0.2) is 0 Å². The van der Waals surface area contributed by atoms with Crippen molar-refractivity contribution in [3.63, 3.8) is 0 Å². The fourth-order valence-corrected chi connectivity index (χ4v) is 8.78. The van der Waals surface area contributed by atoms with Gasteiger partial charge in [0.2, 0.25) is 0 Å². The molecule has 1 aliphatic carbocycles. The molecule has 5 aliphatic heterocycles. The van der Waals surface area contributed by atoms with Crippen molar-refractivity contribution in [3.05, 3.63) is 0 Å². The van der Waals surface area contributed by atoms with Crippen molar-refractivity contribution < 1.29 is 28.6 Å². The second kappa shape index (κ2) is 6.46. The number of nitrogens with zero attached hydrogens (tertiary/aromatic N) is 1.